The molecule has 1 aromatic rings. The van der Waals surface area contributed by atoms with Crippen LogP contribution >= 0.6 is 15.9 Å². The molecule has 17 heavy (non-hydrogen) atoms. The molecule has 1 aromatic heterocycles. The van der Waals surface area contributed by atoms with Gasteiger partial charge in [0.2, 0.25) is 0 Å². The van der Waals surface area contributed by atoms with E-state index in [0.717, 1.165) is 18.9 Å². The minimum absolute atomic E-state index is 0.230. The summed E-state index contributed by atoms with van der Waals surface area (Å²) in [6, 6.07) is 1.61. The second-order valence-electron chi connectivity index (χ2n) is 3.83. The van der Waals surface area contributed by atoms with Crippen LogP contribution in [-0.4, -0.2) is 42.4 Å². The predicted octanol–water partition coefficient (Wildman–Crippen LogP) is 1.69. The molecule has 0 bridgehead atoms. The number of halogens is 1. The molecule has 1 N–H and O–H groups in total. The van der Waals surface area contributed by atoms with Crippen LogP contribution in [0.3, 0.4) is 0 Å². The van der Waals surface area contributed by atoms with Gasteiger partial charge >= 0.3 is 5.97 Å². The van der Waals surface area contributed by atoms with Crippen molar-refractivity contribution in [1.82, 2.24) is 4.98 Å². The first kappa shape index (κ1) is 12.3. The fourth-order valence-corrected chi connectivity index (χ4v) is 2.35. The maximum absolute atomic E-state index is 11.0. The van der Waals surface area contributed by atoms with Gasteiger partial charge in [0.1, 0.15) is 5.82 Å². The van der Waals surface area contributed by atoms with E-state index in [1.807, 2.05) is 0 Å². The van der Waals surface area contributed by atoms with Gasteiger partial charge in [0, 0.05) is 13.1 Å². The number of morpholine rings is 1. The number of ether oxygens (including phenoxy) is 1. The average molecular weight is 301 g/mol. The summed E-state index contributed by atoms with van der Waals surface area (Å²) in [4.78, 5) is 17.4. The zero-order valence-electron chi connectivity index (χ0n) is 9.44. The monoisotopic (exact) mass is 300 g/mol. The first-order chi connectivity index (χ1) is 8.09. The van der Waals surface area contributed by atoms with Crippen molar-refractivity contribution in [2.75, 3.05) is 31.2 Å². The van der Waals surface area contributed by atoms with Gasteiger partial charge in [-0.1, -0.05) is 0 Å². The van der Waals surface area contributed by atoms with E-state index in [-0.39, 0.29) is 5.56 Å². The van der Waals surface area contributed by atoms with E-state index in [2.05, 4.69) is 25.8 Å². The lowest BCUT2D eigenvalue weighted by Crippen LogP contribution is -2.37. The van der Waals surface area contributed by atoms with Crippen LogP contribution in [0.1, 0.15) is 16.1 Å². The minimum atomic E-state index is -0.954. The van der Waals surface area contributed by atoms with Gasteiger partial charge in [-0.05, 0) is 28.9 Å². The van der Waals surface area contributed by atoms with Crippen molar-refractivity contribution in [3.05, 3.63) is 21.8 Å². The topological polar surface area (TPSA) is 62.7 Å². The molecule has 0 radical (unpaired) electrons. The summed E-state index contributed by atoms with van der Waals surface area (Å²) < 4.78 is 5.98. The number of carbonyl (C=O) groups is 1. The number of anilines is 1. The Morgan fingerprint density at radius 2 is 2.18 bits per heavy atom. The first-order valence-electron chi connectivity index (χ1n) is 5.32. The Kier molecular flexibility index (Phi) is 3.63. The molecule has 92 valence electrons. The molecule has 0 saturated carbocycles. The zero-order valence-corrected chi connectivity index (χ0v) is 11.0. The number of hydrogen-bond acceptors (Lipinski definition) is 4. The average Bonchev–Trinajstić information content (AvgIpc) is 2.32. The molecule has 1 aliphatic rings. The Morgan fingerprint density at radius 1 is 1.53 bits per heavy atom. The number of nitrogens with zero attached hydrogens (tertiary/aromatic N) is 2. The summed E-state index contributed by atoms with van der Waals surface area (Å²) in [5, 5.41) is 9.00. The van der Waals surface area contributed by atoms with Gasteiger partial charge in [-0.25, -0.2) is 9.78 Å². The lowest BCUT2D eigenvalue weighted by Gasteiger charge is -2.29. The number of aryl methyl sites for hydroxylation is 1. The third-order valence-electron chi connectivity index (χ3n) is 2.69. The smallest absolute Gasteiger partial charge is 0.337 e. The quantitative estimate of drug-likeness (QED) is 0.900. The maximum Gasteiger partial charge on any atom is 0.337 e. The van der Waals surface area contributed by atoms with Crippen molar-refractivity contribution in [1.29, 1.82) is 0 Å². The Labute approximate surface area is 108 Å². The second-order valence-corrected chi connectivity index (χ2v) is 4.69. The number of carboxylic acid groups (broad SMARTS) is 1. The number of aromatic nitrogens is 1. The predicted molar refractivity (Wildman–Crippen MR) is 66.7 cm³/mol. The van der Waals surface area contributed by atoms with E-state index >= 15 is 0 Å². The maximum atomic E-state index is 11.0. The van der Waals surface area contributed by atoms with E-state index in [1.165, 1.54) is 0 Å². The summed E-state index contributed by atoms with van der Waals surface area (Å²) in [6.45, 7) is 4.61. The lowest BCUT2D eigenvalue weighted by atomic mass is 10.2. The van der Waals surface area contributed by atoms with Gasteiger partial charge in [-0.2, -0.15) is 0 Å². The fraction of sp³-hybridized carbons (Fsp3) is 0.455. The molecule has 0 aromatic carbocycles. The normalized spacial score (nSPS) is 16.0. The third kappa shape index (κ3) is 2.58. The van der Waals surface area contributed by atoms with Crippen molar-refractivity contribution in [3.63, 3.8) is 0 Å². The Hall–Kier alpha value is -1.14. The molecular weight excluding hydrogens is 288 g/mol. The Bertz CT molecular complexity index is 445. The van der Waals surface area contributed by atoms with E-state index in [9.17, 15) is 4.79 Å². The number of hydrogen-bond donors (Lipinski definition) is 1. The van der Waals surface area contributed by atoms with Crippen LogP contribution in [0.4, 0.5) is 5.82 Å². The summed E-state index contributed by atoms with van der Waals surface area (Å²) >= 11 is 3.38. The van der Waals surface area contributed by atoms with E-state index in [0.29, 0.717) is 23.4 Å². The van der Waals surface area contributed by atoms with Crippen LogP contribution in [0.5, 0.6) is 0 Å². The van der Waals surface area contributed by atoms with Crippen molar-refractivity contribution in [2.45, 2.75) is 6.92 Å². The van der Waals surface area contributed by atoms with Crippen LogP contribution in [0.15, 0.2) is 10.5 Å². The highest BCUT2D eigenvalue weighted by molar-refractivity contribution is 9.10. The second kappa shape index (κ2) is 5.01. The summed E-state index contributed by atoms with van der Waals surface area (Å²) in [5.41, 5.74) is 0.760. The molecule has 0 aliphatic carbocycles. The van der Waals surface area contributed by atoms with Crippen LogP contribution in [-0.2, 0) is 4.74 Å². The first-order valence-corrected chi connectivity index (χ1v) is 6.12. The van der Waals surface area contributed by atoms with Crippen molar-refractivity contribution in [2.24, 2.45) is 0 Å². The van der Waals surface area contributed by atoms with Gasteiger partial charge in [-0.15, -0.1) is 0 Å². The van der Waals surface area contributed by atoms with Crippen LogP contribution in [0.25, 0.3) is 0 Å². The van der Waals surface area contributed by atoms with Gasteiger partial charge in [0.15, 0.2) is 0 Å². The number of rotatable bonds is 2. The van der Waals surface area contributed by atoms with E-state index in [4.69, 9.17) is 9.84 Å². The highest BCUT2D eigenvalue weighted by Gasteiger charge is 2.18. The van der Waals surface area contributed by atoms with Gasteiger partial charge in [-0.3, -0.25) is 0 Å². The molecule has 2 rings (SSSR count). The molecule has 6 heteroatoms. The van der Waals surface area contributed by atoms with Crippen LogP contribution < -0.4 is 4.90 Å². The van der Waals surface area contributed by atoms with E-state index in [1.54, 1.807) is 13.0 Å². The molecule has 5 nitrogen and oxygen atoms in total. The van der Waals surface area contributed by atoms with Crippen molar-refractivity contribution >= 4 is 27.7 Å². The van der Waals surface area contributed by atoms with Gasteiger partial charge in [0.05, 0.1) is 28.9 Å². The minimum Gasteiger partial charge on any atom is -0.478 e. The number of aromatic carboxylic acids is 1. The highest BCUT2D eigenvalue weighted by Crippen LogP contribution is 2.27. The highest BCUT2D eigenvalue weighted by atomic mass is 79.9. The van der Waals surface area contributed by atoms with Crippen LogP contribution in [0.2, 0.25) is 0 Å². The molecule has 0 atom stereocenters. The summed E-state index contributed by atoms with van der Waals surface area (Å²) in [7, 11) is 0. The molecule has 0 amide bonds. The SMILES string of the molecule is Cc1nc(N2CCOCC2)c(Br)cc1C(=O)O. The largest absolute Gasteiger partial charge is 0.478 e. The standard InChI is InChI=1S/C11H13BrN2O3/c1-7-8(11(15)16)6-9(12)10(13-7)14-2-4-17-5-3-14/h6H,2-5H2,1H3,(H,15,16). The van der Waals surface area contributed by atoms with Crippen molar-refractivity contribution in [3.8, 4) is 0 Å². The van der Waals surface area contributed by atoms with E-state index < -0.39 is 5.97 Å². The zero-order chi connectivity index (χ0) is 12.4. The Balaban J connectivity index is 2.35. The number of pyridine rings is 1. The molecular formula is C11H13BrN2O3. The molecule has 1 aliphatic heterocycles. The van der Waals surface area contributed by atoms with Gasteiger partial charge < -0.3 is 14.7 Å². The summed E-state index contributed by atoms with van der Waals surface area (Å²) in [6.07, 6.45) is 0. The Morgan fingerprint density at radius 3 is 2.76 bits per heavy atom. The molecule has 2 heterocycles. The van der Waals surface area contributed by atoms with Gasteiger partial charge in [0.25, 0.3) is 0 Å². The van der Waals surface area contributed by atoms with Crippen LogP contribution in [0, 0.1) is 6.92 Å². The lowest BCUT2D eigenvalue weighted by molar-refractivity contribution is 0.0695. The fourth-order valence-electron chi connectivity index (χ4n) is 1.78. The number of carboxylic acids is 1. The molecule has 1 fully saturated rings. The molecule has 0 unspecified atom stereocenters. The molecule has 1 saturated heterocycles. The summed E-state index contributed by atoms with van der Waals surface area (Å²) in [5.74, 6) is -0.167. The van der Waals surface area contributed by atoms with Crippen molar-refractivity contribution < 1.29 is 14.6 Å². The molecule has 0 spiro atoms. The third-order valence-corrected chi connectivity index (χ3v) is 3.27.